The molecular formula is C21H25N3O2S. The highest BCUT2D eigenvalue weighted by Crippen LogP contribution is 2.21. The predicted molar refractivity (Wildman–Crippen MR) is 107 cm³/mol. The van der Waals surface area contributed by atoms with Crippen LogP contribution in [0.1, 0.15) is 34.5 Å². The Morgan fingerprint density at radius 3 is 2.70 bits per heavy atom. The fourth-order valence-corrected chi connectivity index (χ4v) is 4.68. The average molecular weight is 384 g/mol. The molecule has 142 valence electrons. The van der Waals surface area contributed by atoms with Gasteiger partial charge in [0.25, 0.3) is 5.91 Å². The van der Waals surface area contributed by atoms with Crippen molar-refractivity contribution in [3.63, 3.8) is 0 Å². The van der Waals surface area contributed by atoms with Crippen molar-refractivity contribution in [2.45, 2.75) is 43.8 Å². The Morgan fingerprint density at radius 2 is 1.93 bits per heavy atom. The number of thiophene rings is 1. The molecule has 3 unspecified atom stereocenters. The van der Waals surface area contributed by atoms with Crippen molar-refractivity contribution in [1.82, 2.24) is 15.5 Å². The summed E-state index contributed by atoms with van der Waals surface area (Å²) < 4.78 is 0. The highest BCUT2D eigenvalue weighted by molar-refractivity contribution is 7.12. The van der Waals surface area contributed by atoms with Gasteiger partial charge in [0.15, 0.2) is 0 Å². The van der Waals surface area contributed by atoms with Crippen molar-refractivity contribution in [3.8, 4) is 0 Å². The smallest absolute Gasteiger partial charge is 0.262 e. The summed E-state index contributed by atoms with van der Waals surface area (Å²) in [4.78, 5) is 28.5. The number of fused-ring (bicyclic) bond motifs is 2. The lowest BCUT2D eigenvalue weighted by atomic mass is 10.0. The van der Waals surface area contributed by atoms with Gasteiger partial charge in [0.2, 0.25) is 5.91 Å². The summed E-state index contributed by atoms with van der Waals surface area (Å²) in [5, 5.41) is 8.47. The third-order valence-corrected chi connectivity index (χ3v) is 6.33. The summed E-state index contributed by atoms with van der Waals surface area (Å²) in [6.45, 7) is 1.49. The van der Waals surface area contributed by atoms with Gasteiger partial charge in [-0.05, 0) is 36.3 Å². The summed E-state index contributed by atoms with van der Waals surface area (Å²) >= 11 is 1.39. The molecule has 6 heteroatoms. The van der Waals surface area contributed by atoms with Crippen molar-refractivity contribution < 1.29 is 9.59 Å². The van der Waals surface area contributed by atoms with Crippen LogP contribution >= 0.6 is 11.3 Å². The normalized spacial score (nSPS) is 22.9. The van der Waals surface area contributed by atoms with Crippen LogP contribution in [0, 0.1) is 0 Å². The number of carbonyl (C=O) groups is 2. The Hall–Kier alpha value is -2.18. The van der Waals surface area contributed by atoms with Gasteiger partial charge in [-0.3, -0.25) is 9.59 Å². The topological polar surface area (TPSA) is 61.4 Å². The van der Waals surface area contributed by atoms with E-state index in [2.05, 4.69) is 10.6 Å². The predicted octanol–water partition coefficient (Wildman–Crippen LogP) is 2.44. The fourth-order valence-electron chi connectivity index (χ4n) is 4.05. The quantitative estimate of drug-likeness (QED) is 0.834. The fraction of sp³-hybridized carbons (Fsp3) is 0.429. The monoisotopic (exact) mass is 383 g/mol. The van der Waals surface area contributed by atoms with Crippen LogP contribution in [0.4, 0.5) is 0 Å². The molecule has 2 N–H and O–H groups in total. The van der Waals surface area contributed by atoms with E-state index in [1.807, 2.05) is 46.7 Å². The molecule has 2 aliphatic heterocycles. The highest BCUT2D eigenvalue weighted by atomic mass is 32.1. The molecule has 0 spiro atoms. The molecule has 2 aliphatic rings. The lowest BCUT2D eigenvalue weighted by Crippen LogP contribution is -2.51. The van der Waals surface area contributed by atoms with Gasteiger partial charge in [-0.2, -0.15) is 0 Å². The van der Waals surface area contributed by atoms with Gasteiger partial charge < -0.3 is 15.5 Å². The van der Waals surface area contributed by atoms with Crippen LogP contribution in [-0.4, -0.2) is 47.9 Å². The molecule has 27 heavy (non-hydrogen) atoms. The Kier molecular flexibility index (Phi) is 5.55. The van der Waals surface area contributed by atoms with Crippen LogP contribution in [0.15, 0.2) is 47.8 Å². The van der Waals surface area contributed by atoms with Crippen molar-refractivity contribution >= 4 is 23.2 Å². The van der Waals surface area contributed by atoms with Gasteiger partial charge in [-0.25, -0.2) is 0 Å². The Balaban J connectivity index is 1.50. The van der Waals surface area contributed by atoms with Crippen LogP contribution in [-0.2, 0) is 11.2 Å². The number of rotatable bonds is 5. The first kappa shape index (κ1) is 18.2. The second-order valence-corrected chi connectivity index (χ2v) is 8.35. The van der Waals surface area contributed by atoms with Crippen molar-refractivity contribution in [2.75, 3.05) is 13.1 Å². The molecule has 5 nitrogen and oxygen atoms in total. The second kappa shape index (κ2) is 8.23. The SMILES string of the molecule is O=C(NC(Cc1ccccc1)C(=O)N1CCC2CCC(C1)N2)c1cccs1. The van der Waals surface area contributed by atoms with Crippen LogP contribution < -0.4 is 10.6 Å². The molecule has 4 rings (SSSR count). The van der Waals surface area contributed by atoms with Gasteiger partial charge in [0, 0.05) is 31.6 Å². The van der Waals surface area contributed by atoms with Crippen LogP contribution in [0.2, 0.25) is 0 Å². The van der Waals surface area contributed by atoms with E-state index in [0.29, 0.717) is 23.4 Å². The zero-order valence-electron chi connectivity index (χ0n) is 15.3. The van der Waals surface area contributed by atoms with Gasteiger partial charge in [-0.1, -0.05) is 36.4 Å². The molecular weight excluding hydrogens is 358 g/mol. The van der Waals surface area contributed by atoms with Gasteiger partial charge >= 0.3 is 0 Å². The maximum absolute atomic E-state index is 13.3. The standard InChI is InChI=1S/C21H25N3O2S/c25-20(19-7-4-12-27-19)23-18(13-15-5-2-1-3-6-15)21(26)24-11-10-16-8-9-17(14-24)22-16/h1-7,12,16-18,22H,8-11,13-14H2,(H,23,25). The van der Waals surface area contributed by atoms with Gasteiger partial charge in [0.05, 0.1) is 4.88 Å². The number of nitrogens with one attached hydrogen (secondary N) is 2. The summed E-state index contributed by atoms with van der Waals surface area (Å²) in [7, 11) is 0. The highest BCUT2D eigenvalue weighted by Gasteiger charge is 2.34. The maximum atomic E-state index is 13.3. The summed E-state index contributed by atoms with van der Waals surface area (Å²) in [5.41, 5.74) is 1.05. The number of nitrogens with zero attached hydrogens (tertiary/aromatic N) is 1. The largest absolute Gasteiger partial charge is 0.339 e. The number of benzene rings is 1. The van der Waals surface area contributed by atoms with Gasteiger partial charge in [-0.15, -0.1) is 11.3 Å². The Labute approximate surface area is 163 Å². The minimum atomic E-state index is -0.543. The molecule has 2 bridgehead atoms. The molecule has 2 amide bonds. The molecule has 0 aliphatic carbocycles. The molecule has 2 aromatic rings. The molecule has 1 aromatic carbocycles. The van der Waals surface area contributed by atoms with Crippen LogP contribution in [0.5, 0.6) is 0 Å². The number of hydrogen-bond acceptors (Lipinski definition) is 4. The van der Waals surface area contributed by atoms with E-state index in [1.165, 1.54) is 17.8 Å². The summed E-state index contributed by atoms with van der Waals surface area (Å²) in [6.07, 6.45) is 3.82. The number of hydrogen-bond donors (Lipinski definition) is 2. The number of likely N-dealkylation sites (tertiary alicyclic amines) is 1. The molecule has 0 radical (unpaired) electrons. The zero-order valence-corrected chi connectivity index (χ0v) is 16.1. The maximum Gasteiger partial charge on any atom is 0.262 e. The third kappa shape index (κ3) is 4.39. The first-order chi connectivity index (χ1) is 13.2. The van der Waals surface area contributed by atoms with E-state index < -0.39 is 6.04 Å². The molecule has 0 saturated carbocycles. The minimum absolute atomic E-state index is 0.0260. The minimum Gasteiger partial charge on any atom is -0.339 e. The van der Waals surface area contributed by atoms with Crippen LogP contribution in [0.3, 0.4) is 0 Å². The van der Waals surface area contributed by atoms with E-state index >= 15 is 0 Å². The zero-order chi connectivity index (χ0) is 18.6. The second-order valence-electron chi connectivity index (χ2n) is 7.40. The molecule has 2 fully saturated rings. The first-order valence-corrected chi connectivity index (χ1v) is 10.5. The van der Waals surface area contributed by atoms with E-state index in [1.54, 1.807) is 6.07 Å². The van der Waals surface area contributed by atoms with E-state index in [9.17, 15) is 9.59 Å². The van der Waals surface area contributed by atoms with Crippen molar-refractivity contribution in [3.05, 3.63) is 58.3 Å². The Morgan fingerprint density at radius 1 is 1.11 bits per heavy atom. The lowest BCUT2D eigenvalue weighted by molar-refractivity contribution is -0.133. The summed E-state index contributed by atoms with van der Waals surface area (Å²) in [6, 6.07) is 13.9. The molecule has 3 atom stereocenters. The molecule has 2 saturated heterocycles. The third-order valence-electron chi connectivity index (χ3n) is 5.47. The average Bonchev–Trinajstić information content (AvgIpc) is 3.31. The lowest BCUT2D eigenvalue weighted by Gasteiger charge is -2.29. The van der Waals surface area contributed by atoms with Crippen LogP contribution in [0.25, 0.3) is 0 Å². The number of amides is 2. The first-order valence-electron chi connectivity index (χ1n) is 9.62. The molecule has 3 heterocycles. The van der Waals surface area contributed by atoms with E-state index in [0.717, 1.165) is 31.5 Å². The Bertz CT molecular complexity index is 778. The van der Waals surface area contributed by atoms with Gasteiger partial charge in [0.1, 0.15) is 6.04 Å². The summed E-state index contributed by atoms with van der Waals surface area (Å²) in [5.74, 6) is -0.146. The van der Waals surface area contributed by atoms with E-state index in [-0.39, 0.29) is 11.8 Å². The number of carbonyl (C=O) groups excluding carboxylic acids is 2. The van der Waals surface area contributed by atoms with E-state index in [4.69, 9.17) is 0 Å². The molecule has 1 aromatic heterocycles. The van der Waals surface area contributed by atoms with Crippen molar-refractivity contribution in [2.24, 2.45) is 0 Å². The van der Waals surface area contributed by atoms with Crippen molar-refractivity contribution in [1.29, 1.82) is 0 Å².